The number of nitrogens with zero attached hydrogens (tertiary/aromatic N) is 2. The average Bonchev–Trinajstić information content (AvgIpc) is 2.84. The van der Waals surface area contributed by atoms with E-state index in [4.69, 9.17) is 23.2 Å². The molecule has 0 saturated heterocycles. The molecule has 3 aromatic rings. The molecule has 0 heterocycles. The van der Waals surface area contributed by atoms with Crippen LogP contribution in [0.4, 0.5) is 5.69 Å². The maximum absolute atomic E-state index is 13.8. The van der Waals surface area contributed by atoms with Crippen LogP contribution in [0.25, 0.3) is 0 Å². The Labute approximate surface area is 235 Å². The zero-order valence-electron chi connectivity index (χ0n) is 20.2. The van der Waals surface area contributed by atoms with Crippen molar-refractivity contribution in [2.24, 2.45) is 0 Å². The van der Waals surface area contributed by atoms with Gasteiger partial charge in [-0.25, -0.2) is 8.42 Å². The zero-order chi connectivity index (χ0) is 27.2. The smallest absolute Gasteiger partial charge is 0.244 e. The van der Waals surface area contributed by atoms with Crippen molar-refractivity contribution >= 4 is 66.7 Å². The van der Waals surface area contributed by atoms with E-state index in [0.29, 0.717) is 0 Å². The third-order valence-electron chi connectivity index (χ3n) is 5.60. The van der Waals surface area contributed by atoms with Crippen molar-refractivity contribution in [3.8, 4) is 0 Å². The fourth-order valence-electron chi connectivity index (χ4n) is 3.80. The molecule has 11 heteroatoms. The number of likely N-dealkylation sites (N-methyl/N-ethyl adjacent to an activating group) is 1. The van der Waals surface area contributed by atoms with Gasteiger partial charge in [0.05, 0.1) is 11.9 Å². The SMILES string of the molecule is CNC(=O)[C@H](Cc1ccccc1)N(Cc1ccc(Br)cc1)C(=O)CN(c1cc(Cl)cc(Cl)c1)S(C)(=O)=O. The van der Waals surface area contributed by atoms with Gasteiger partial charge in [-0.15, -0.1) is 0 Å². The van der Waals surface area contributed by atoms with Crippen LogP contribution < -0.4 is 9.62 Å². The highest BCUT2D eigenvalue weighted by atomic mass is 79.9. The minimum Gasteiger partial charge on any atom is -0.357 e. The topological polar surface area (TPSA) is 86.8 Å². The summed E-state index contributed by atoms with van der Waals surface area (Å²) in [6.45, 7) is -0.459. The second-order valence-corrected chi connectivity index (χ2v) is 12.1. The first-order valence-corrected chi connectivity index (χ1v) is 14.6. The minimum absolute atomic E-state index is 0.0882. The first-order valence-electron chi connectivity index (χ1n) is 11.2. The third kappa shape index (κ3) is 8.20. The number of carbonyl (C=O) groups is 2. The van der Waals surface area contributed by atoms with Gasteiger partial charge in [-0.2, -0.15) is 0 Å². The van der Waals surface area contributed by atoms with Crippen molar-refractivity contribution in [2.75, 3.05) is 24.2 Å². The first-order chi connectivity index (χ1) is 17.5. The largest absolute Gasteiger partial charge is 0.357 e. The Hall–Kier alpha value is -2.59. The molecule has 2 amide bonds. The number of carbonyl (C=O) groups excluding carboxylic acids is 2. The van der Waals surface area contributed by atoms with Crippen molar-refractivity contribution < 1.29 is 18.0 Å². The monoisotopic (exact) mass is 625 g/mol. The van der Waals surface area contributed by atoms with Gasteiger partial charge in [-0.3, -0.25) is 13.9 Å². The quantitative estimate of drug-likeness (QED) is 0.347. The summed E-state index contributed by atoms with van der Waals surface area (Å²) in [6.07, 6.45) is 1.24. The molecular formula is C26H26BrCl2N3O4S. The van der Waals surface area contributed by atoms with Crippen LogP contribution in [0.15, 0.2) is 77.3 Å². The van der Waals surface area contributed by atoms with Gasteiger partial charge in [0.15, 0.2) is 0 Å². The summed E-state index contributed by atoms with van der Waals surface area (Å²) < 4.78 is 27.3. The third-order valence-corrected chi connectivity index (χ3v) is 7.70. The van der Waals surface area contributed by atoms with E-state index in [1.165, 1.54) is 30.1 Å². The number of anilines is 1. The Kier molecular flexibility index (Phi) is 10.0. The molecule has 0 bridgehead atoms. The van der Waals surface area contributed by atoms with E-state index in [-0.39, 0.29) is 34.6 Å². The molecule has 0 aliphatic carbocycles. The molecule has 0 saturated carbocycles. The second-order valence-electron chi connectivity index (χ2n) is 8.37. The van der Waals surface area contributed by atoms with Crippen molar-refractivity contribution in [2.45, 2.75) is 19.0 Å². The van der Waals surface area contributed by atoms with Crippen LogP contribution in [0.2, 0.25) is 10.0 Å². The normalized spacial score (nSPS) is 12.0. The maximum Gasteiger partial charge on any atom is 0.244 e. The van der Waals surface area contributed by atoms with Gasteiger partial charge in [-0.1, -0.05) is 81.6 Å². The summed E-state index contributed by atoms with van der Waals surface area (Å²) in [5.41, 5.74) is 1.78. The van der Waals surface area contributed by atoms with E-state index in [1.54, 1.807) is 0 Å². The van der Waals surface area contributed by atoms with Gasteiger partial charge in [0.25, 0.3) is 0 Å². The van der Waals surface area contributed by atoms with Gasteiger partial charge >= 0.3 is 0 Å². The second kappa shape index (κ2) is 12.8. The number of hydrogen-bond acceptors (Lipinski definition) is 4. The number of hydrogen-bond donors (Lipinski definition) is 1. The molecule has 0 aliphatic heterocycles. The van der Waals surface area contributed by atoms with Crippen molar-refractivity contribution in [1.29, 1.82) is 0 Å². The molecule has 0 radical (unpaired) electrons. The molecule has 7 nitrogen and oxygen atoms in total. The number of sulfonamides is 1. The average molecular weight is 627 g/mol. The standard InChI is InChI=1S/C26H26BrCl2N3O4S/c1-30-26(34)24(12-18-6-4-3-5-7-18)31(16-19-8-10-20(27)11-9-19)25(33)17-32(37(2,35)36)23-14-21(28)13-22(29)15-23/h3-11,13-15,24H,12,16-17H2,1-2H3,(H,30,34)/t24-/m0/s1. The number of amides is 2. The molecular weight excluding hydrogens is 601 g/mol. The van der Waals surface area contributed by atoms with Crippen LogP contribution >= 0.6 is 39.1 Å². The van der Waals surface area contributed by atoms with E-state index in [0.717, 1.165) is 26.2 Å². The van der Waals surface area contributed by atoms with Crippen LogP contribution in [-0.4, -0.2) is 51.0 Å². The number of rotatable bonds is 10. The molecule has 37 heavy (non-hydrogen) atoms. The van der Waals surface area contributed by atoms with Crippen LogP contribution in [0, 0.1) is 0 Å². The molecule has 0 fully saturated rings. The summed E-state index contributed by atoms with van der Waals surface area (Å²) in [4.78, 5) is 28.3. The lowest BCUT2D eigenvalue weighted by Crippen LogP contribution is -2.52. The lowest BCUT2D eigenvalue weighted by atomic mass is 10.0. The number of benzene rings is 3. The van der Waals surface area contributed by atoms with E-state index in [9.17, 15) is 18.0 Å². The maximum atomic E-state index is 13.8. The van der Waals surface area contributed by atoms with Crippen LogP contribution in [-0.2, 0) is 32.6 Å². The van der Waals surface area contributed by atoms with Crippen molar-refractivity contribution in [3.05, 3.63) is 98.4 Å². The summed E-state index contributed by atoms with van der Waals surface area (Å²) in [5.74, 6) is -0.931. The Balaban J connectivity index is 2.03. The van der Waals surface area contributed by atoms with Crippen LogP contribution in [0.1, 0.15) is 11.1 Å². The lowest BCUT2D eigenvalue weighted by molar-refractivity contribution is -0.139. The molecule has 0 spiro atoms. The summed E-state index contributed by atoms with van der Waals surface area (Å²) >= 11 is 15.6. The summed E-state index contributed by atoms with van der Waals surface area (Å²) in [5, 5.41) is 3.09. The van der Waals surface area contributed by atoms with Crippen molar-refractivity contribution in [3.63, 3.8) is 0 Å². The fourth-order valence-corrected chi connectivity index (χ4v) is 5.42. The Bertz CT molecular complexity index is 1340. The zero-order valence-corrected chi connectivity index (χ0v) is 24.1. The Morgan fingerprint density at radius 3 is 2.08 bits per heavy atom. The highest BCUT2D eigenvalue weighted by Crippen LogP contribution is 2.27. The molecule has 196 valence electrons. The van der Waals surface area contributed by atoms with E-state index < -0.39 is 28.5 Å². The number of nitrogens with one attached hydrogen (secondary N) is 1. The summed E-state index contributed by atoms with van der Waals surface area (Å²) in [7, 11) is -2.41. The predicted octanol–water partition coefficient (Wildman–Crippen LogP) is 4.91. The van der Waals surface area contributed by atoms with Gasteiger partial charge in [0.2, 0.25) is 21.8 Å². The Morgan fingerprint density at radius 1 is 0.946 bits per heavy atom. The van der Waals surface area contributed by atoms with Gasteiger partial charge < -0.3 is 10.2 Å². The van der Waals surface area contributed by atoms with Crippen LogP contribution in [0.5, 0.6) is 0 Å². The van der Waals surface area contributed by atoms with E-state index >= 15 is 0 Å². The molecule has 1 N–H and O–H groups in total. The lowest BCUT2D eigenvalue weighted by Gasteiger charge is -2.33. The van der Waals surface area contributed by atoms with E-state index in [1.807, 2.05) is 54.6 Å². The number of halogens is 3. The minimum atomic E-state index is -3.91. The highest BCUT2D eigenvalue weighted by Gasteiger charge is 2.32. The molecule has 3 aromatic carbocycles. The van der Waals surface area contributed by atoms with Gasteiger partial charge in [0, 0.05) is 34.5 Å². The van der Waals surface area contributed by atoms with Gasteiger partial charge in [-0.05, 0) is 41.5 Å². The molecule has 0 aliphatic rings. The van der Waals surface area contributed by atoms with Crippen LogP contribution in [0.3, 0.4) is 0 Å². The molecule has 1 atom stereocenters. The molecule has 3 rings (SSSR count). The highest BCUT2D eigenvalue weighted by molar-refractivity contribution is 9.10. The predicted molar refractivity (Wildman–Crippen MR) is 151 cm³/mol. The van der Waals surface area contributed by atoms with Gasteiger partial charge in [0.1, 0.15) is 12.6 Å². The fraction of sp³-hybridized carbons (Fsp3) is 0.231. The Morgan fingerprint density at radius 2 is 1.54 bits per heavy atom. The molecule has 0 aromatic heterocycles. The first kappa shape index (κ1) is 29.0. The van der Waals surface area contributed by atoms with Crippen molar-refractivity contribution in [1.82, 2.24) is 10.2 Å². The summed E-state index contributed by atoms with van der Waals surface area (Å²) in [6, 6.07) is 20.1. The molecule has 0 unspecified atom stereocenters. The van der Waals surface area contributed by atoms with E-state index in [2.05, 4.69) is 21.2 Å².